The van der Waals surface area contributed by atoms with E-state index in [1.54, 1.807) is 36.4 Å². The van der Waals surface area contributed by atoms with Crippen LogP contribution in [-0.2, 0) is 4.79 Å². The Bertz CT molecular complexity index is 725. The van der Waals surface area contributed by atoms with Crippen LogP contribution in [0.5, 0.6) is 5.75 Å². The van der Waals surface area contributed by atoms with E-state index >= 15 is 0 Å². The van der Waals surface area contributed by atoms with Gasteiger partial charge in [0.15, 0.2) is 17.3 Å². The molecule has 0 saturated heterocycles. The van der Waals surface area contributed by atoms with E-state index in [1.165, 1.54) is 26.4 Å². The Morgan fingerprint density at radius 2 is 1.83 bits per heavy atom. The molecule has 5 nitrogen and oxygen atoms in total. The number of carbonyl (C=O) groups excluding carboxylic acids is 3. The van der Waals surface area contributed by atoms with Crippen LogP contribution >= 0.6 is 0 Å². The van der Waals surface area contributed by atoms with Crippen molar-refractivity contribution in [2.75, 3.05) is 7.11 Å². The minimum absolute atomic E-state index is 0.239. The van der Waals surface area contributed by atoms with Gasteiger partial charge in [-0.1, -0.05) is 30.3 Å². The van der Waals surface area contributed by atoms with E-state index in [1.807, 2.05) is 0 Å². The molecule has 1 aromatic heterocycles. The summed E-state index contributed by atoms with van der Waals surface area (Å²) in [7, 11) is 1.44. The molecular weight excluding hydrogens is 294 g/mol. The molecule has 118 valence electrons. The lowest BCUT2D eigenvalue weighted by Gasteiger charge is -2.11. The van der Waals surface area contributed by atoms with Crippen molar-refractivity contribution >= 4 is 17.3 Å². The van der Waals surface area contributed by atoms with Crippen molar-refractivity contribution < 1.29 is 19.1 Å². The topological polar surface area (TPSA) is 73.3 Å². The van der Waals surface area contributed by atoms with Crippen LogP contribution in [0.3, 0.4) is 0 Å². The quantitative estimate of drug-likeness (QED) is 0.580. The van der Waals surface area contributed by atoms with Crippen molar-refractivity contribution in [2.24, 2.45) is 5.92 Å². The average molecular weight is 311 g/mol. The Labute approximate surface area is 134 Å². The van der Waals surface area contributed by atoms with Gasteiger partial charge < -0.3 is 4.74 Å². The van der Waals surface area contributed by atoms with E-state index < -0.39 is 17.5 Å². The summed E-state index contributed by atoms with van der Waals surface area (Å²) in [6.07, 6.45) is 2.56. The number of carbonyl (C=O) groups is 3. The molecule has 1 heterocycles. The van der Waals surface area contributed by atoms with Crippen LogP contribution in [-0.4, -0.2) is 29.4 Å². The molecule has 1 aromatic carbocycles. The number of rotatable bonds is 7. The summed E-state index contributed by atoms with van der Waals surface area (Å²) in [5, 5.41) is 0. The highest BCUT2D eigenvalue weighted by atomic mass is 16.5. The number of nitrogens with zero attached hydrogens (tertiary/aromatic N) is 1. The van der Waals surface area contributed by atoms with Gasteiger partial charge in [0, 0.05) is 18.0 Å². The molecule has 0 aliphatic carbocycles. The van der Waals surface area contributed by atoms with Gasteiger partial charge in [0.2, 0.25) is 0 Å². The minimum atomic E-state index is -0.930. The van der Waals surface area contributed by atoms with Crippen LogP contribution in [0, 0.1) is 5.92 Å². The summed E-state index contributed by atoms with van der Waals surface area (Å²) in [4.78, 5) is 40.6. The normalized spacial score (nSPS) is 11.6. The van der Waals surface area contributed by atoms with E-state index in [4.69, 9.17) is 4.74 Å². The van der Waals surface area contributed by atoms with Crippen molar-refractivity contribution in [1.29, 1.82) is 0 Å². The predicted molar refractivity (Wildman–Crippen MR) is 84.7 cm³/mol. The fraction of sp³-hybridized carbons (Fsp3) is 0.222. The van der Waals surface area contributed by atoms with Crippen molar-refractivity contribution in [3.63, 3.8) is 0 Å². The molecule has 2 rings (SSSR count). The predicted octanol–water partition coefficient (Wildman–Crippen LogP) is 2.75. The molecule has 0 radical (unpaired) electrons. The Balaban J connectivity index is 2.10. The SMILES string of the molecule is COc1ccncc1C(=O)C(C)C(=O)CC(=O)c1ccccc1. The third-order valence-corrected chi connectivity index (χ3v) is 3.57. The minimum Gasteiger partial charge on any atom is -0.496 e. The van der Waals surface area contributed by atoms with Crippen molar-refractivity contribution in [3.8, 4) is 5.75 Å². The lowest BCUT2D eigenvalue weighted by molar-refractivity contribution is -0.120. The van der Waals surface area contributed by atoms with Gasteiger partial charge in [0.25, 0.3) is 0 Å². The van der Waals surface area contributed by atoms with Crippen molar-refractivity contribution in [1.82, 2.24) is 4.98 Å². The maximum absolute atomic E-state index is 12.4. The maximum atomic E-state index is 12.4. The van der Waals surface area contributed by atoms with Crippen molar-refractivity contribution in [2.45, 2.75) is 13.3 Å². The summed E-state index contributed by atoms with van der Waals surface area (Å²) in [6, 6.07) is 10.1. The first-order valence-corrected chi connectivity index (χ1v) is 7.17. The molecular formula is C18H17NO4. The molecule has 0 bridgehead atoms. The monoisotopic (exact) mass is 311 g/mol. The molecule has 0 aliphatic rings. The van der Waals surface area contributed by atoms with Gasteiger partial charge in [-0.2, -0.15) is 0 Å². The number of hydrogen-bond donors (Lipinski definition) is 0. The molecule has 1 atom stereocenters. The van der Waals surface area contributed by atoms with E-state index in [0.29, 0.717) is 11.3 Å². The molecule has 0 amide bonds. The lowest BCUT2D eigenvalue weighted by Crippen LogP contribution is -2.24. The maximum Gasteiger partial charge on any atom is 0.178 e. The first kappa shape index (κ1) is 16.5. The van der Waals surface area contributed by atoms with Crippen LogP contribution in [0.2, 0.25) is 0 Å². The van der Waals surface area contributed by atoms with Crippen LogP contribution in [0.15, 0.2) is 48.8 Å². The molecule has 0 N–H and O–H groups in total. The molecule has 2 aromatic rings. The first-order chi connectivity index (χ1) is 11.0. The largest absolute Gasteiger partial charge is 0.496 e. The van der Waals surface area contributed by atoms with Crippen LogP contribution in [0.1, 0.15) is 34.1 Å². The number of Topliss-reactive ketones (excluding diaryl/α,β-unsaturated/α-hetero) is 3. The van der Waals surface area contributed by atoms with E-state index in [9.17, 15) is 14.4 Å². The first-order valence-electron chi connectivity index (χ1n) is 7.17. The molecule has 0 fully saturated rings. The summed E-state index contributed by atoms with van der Waals surface area (Å²) < 4.78 is 5.11. The van der Waals surface area contributed by atoms with Crippen LogP contribution < -0.4 is 4.74 Å². The summed E-state index contributed by atoms with van der Waals surface area (Å²) in [5.41, 5.74) is 0.697. The fourth-order valence-electron chi connectivity index (χ4n) is 2.16. The third kappa shape index (κ3) is 3.88. The number of benzene rings is 1. The van der Waals surface area contributed by atoms with Crippen molar-refractivity contribution in [3.05, 3.63) is 59.9 Å². The van der Waals surface area contributed by atoms with Gasteiger partial charge in [-0.3, -0.25) is 19.4 Å². The average Bonchev–Trinajstić information content (AvgIpc) is 2.61. The Morgan fingerprint density at radius 3 is 2.48 bits per heavy atom. The Kier molecular flexibility index (Phi) is 5.36. The number of pyridine rings is 1. The summed E-state index contributed by atoms with van der Waals surface area (Å²) in [5.74, 6) is -1.69. The van der Waals surface area contributed by atoms with E-state index in [-0.39, 0.29) is 17.8 Å². The molecule has 0 saturated carbocycles. The highest BCUT2D eigenvalue weighted by Gasteiger charge is 2.27. The number of ether oxygens (including phenoxy) is 1. The number of aromatic nitrogens is 1. The Hall–Kier alpha value is -2.82. The highest BCUT2D eigenvalue weighted by molar-refractivity contribution is 6.17. The smallest absolute Gasteiger partial charge is 0.178 e. The highest BCUT2D eigenvalue weighted by Crippen LogP contribution is 2.21. The summed E-state index contributed by atoms with van der Waals surface area (Å²) >= 11 is 0. The lowest BCUT2D eigenvalue weighted by atomic mass is 9.92. The Morgan fingerprint density at radius 1 is 1.13 bits per heavy atom. The van der Waals surface area contributed by atoms with Gasteiger partial charge in [-0.15, -0.1) is 0 Å². The fourth-order valence-corrected chi connectivity index (χ4v) is 2.16. The molecule has 23 heavy (non-hydrogen) atoms. The van der Waals surface area contributed by atoms with Gasteiger partial charge in [0.05, 0.1) is 25.0 Å². The summed E-state index contributed by atoms with van der Waals surface area (Å²) in [6.45, 7) is 1.50. The second-order valence-electron chi connectivity index (χ2n) is 5.09. The standard InChI is InChI=1S/C18H17NO4/c1-12(18(22)14-11-19-9-8-17(14)23-2)15(20)10-16(21)13-6-4-3-5-7-13/h3-9,11-12H,10H2,1-2H3. The second kappa shape index (κ2) is 7.45. The molecule has 1 unspecified atom stereocenters. The zero-order chi connectivity index (χ0) is 16.8. The van der Waals surface area contributed by atoms with Gasteiger partial charge in [-0.05, 0) is 13.0 Å². The molecule has 0 spiro atoms. The zero-order valence-electron chi connectivity index (χ0n) is 13.0. The molecule has 0 aliphatic heterocycles. The van der Waals surface area contributed by atoms with Gasteiger partial charge in [0.1, 0.15) is 5.75 Å². The second-order valence-corrected chi connectivity index (χ2v) is 5.09. The van der Waals surface area contributed by atoms with Gasteiger partial charge in [-0.25, -0.2) is 0 Å². The third-order valence-electron chi connectivity index (χ3n) is 3.57. The number of hydrogen-bond acceptors (Lipinski definition) is 5. The van der Waals surface area contributed by atoms with E-state index in [2.05, 4.69) is 4.98 Å². The zero-order valence-corrected chi connectivity index (χ0v) is 13.0. The number of ketones is 3. The van der Waals surface area contributed by atoms with E-state index in [0.717, 1.165) is 0 Å². The van der Waals surface area contributed by atoms with Crippen LogP contribution in [0.25, 0.3) is 0 Å². The molecule has 5 heteroatoms. The van der Waals surface area contributed by atoms with Gasteiger partial charge >= 0.3 is 0 Å². The number of methoxy groups -OCH3 is 1. The van der Waals surface area contributed by atoms with Crippen LogP contribution in [0.4, 0.5) is 0 Å².